The maximum atomic E-state index is 4.53. The van der Waals surface area contributed by atoms with Crippen molar-refractivity contribution in [1.82, 2.24) is 29.2 Å². The molecule has 3 rings (SSSR count). The third kappa shape index (κ3) is 4.37. The van der Waals surface area contributed by atoms with Crippen molar-refractivity contribution in [3.63, 3.8) is 0 Å². The molecule has 6 heteroatoms. The van der Waals surface area contributed by atoms with Crippen LogP contribution in [0.4, 0.5) is 0 Å². The van der Waals surface area contributed by atoms with Crippen molar-refractivity contribution in [2.24, 2.45) is 7.05 Å². The number of aromatic nitrogens is 5. The van der Waals surface area contributed by atoms with Crippen LogP contribution in [0.25, 0.3) is 0 Å². The van der Waals surface area contributed by atoms with Crippen molar-refractivity contribution in [3.05, 3.63) is 41.5 Å². The van der Waals surface area contributed by atoms with Gasteiger partial charge in [0.25, 0.3) is 0 Å². The quantitative estimate of drug-likeness (QED) is 0.758. The molecule has 25 heavy (non-hydrogen) atoms. The SMILES string of the molecule is CC(C)=CCCN1CCC[C@@H](c2nnc(Cn3ccnc3C)n2C)C1. The summed E-state index contributed by atoms with van der Waals surface area (Å²) in [5, 5.41) is 8.99. The normalized spacial score (nSPS) is 18.5. The molecule has 1 fully saturated rings. The van der Waals surface area contributed by atoms with Gasteiger partial charge in [0, 0.05) is 38.4 Å². The summed E-state index contributed by atoms with van der Waals surface area (Å²) in [6.45, 7) is 10.5. The van der Waals surface area contributed by atoms with E-state index in [1.54, 1.807) is 0 Å². The number of hydrogen-bond acceptors (Lipinski definition) is 4. The van der Waals surface area contributed by atoms with E-state index in [0.29, 0.717) is 5.92 Å². The van der Waals surface area contributed by atoms with Gasteiger partial charge >= 0.3 is 0 Å². The van der Waals surface area contributed by atoms with Crippen LogP contribution in [0.15, 0.2) is 24.0 Å². The third-order valence-electron chi connectivity index (χ3n) is 5.10. The third-order valence-corrected chi connectivity index (χ3v) is 5.10. The zero-order chi connectivity index (χ0) is 17.8. The molecular formula is C19H30N6. The Morgan fingerprint density at radius 1 is 1.32 bits per heavy atom. The van der Waals surface area contributed by atoms with E-state index in [1.165, 1.54) is 25.0 Å². The summed E-state index contributed by atoms with van der Waals surface area (Å²) in [5.41, 5.74) is 1.40. The van der Waals surface area contributed by atoms with Gasteiger partial charge in [-0.15, -0.1) is 10.2 Å². The van der Waals surface area contributed by atoms with E-state index >= 15 is 0 Å². The van der Waals surface area contributed by atoms with Crippen molar-refractivity contribution >= 4 is 0 Å². The molecule has 1 atom stereocenters. The van der Waals surface area contributed by atoms with Gasteiger partial charge in [-0.3, -0.25) is 0 Å². The number of rotatable bonds is 6. The maximum absolute atomic E-state index is 4.53. The summed E-state index contributed by atoms with van der Waals surface area (Å²) in [7, 11) is 2.10. The minimum Gasteiger partial charge on any atom is -0.328 e. The van der Waals surface area contributed by atoms with Crippen molar-refractivity contribution in [3.8, 4) is 0 Å². The highest BCUT2D eigenvalue weighted by atomic mass is 15.3. The van der Waals surface area contributed by atoms with Gasteiger partial charge in [0.05, 0.1) is 6.54 Å². The molecule has 2 aromatic rings. The van der Waals surface area contributed by atoms with E-state index in [2.05, 4.69) is 56.2 Å². The molecule has 1 aliphatic rings. The van der Waals surface area contributed by atoms with Gasteiger partial charge in [0.2, 0.25) is 0 Å². The fourth-order valence-electron chi connectivity index (χ4n) is 3.60. The van der Waals surface area contributed by atoms with E-state index in [-0.39, 0.29) is 0 Å². The van der Waals surface area contributed by atoms with Crippen molar-refractivity contribution in [2.75, 3.05) is 19.6 Å². The number of aryl methyl sites for hydroxylation is 1. The molecule has 0 N–H and O–H groups in total. The van der Waals surface area contributed by atoms with E-state index in [0.717, 1.165) is 43.5 Å². The molecule has 1 aliphatic heterocycles. The Morgan fingerprint density at radius 2 is 2.16 bits per heavy atom. The van der Waals surface area contributed by atoms with Crippen molar-refractivity contribution < 1.29 is 0 Å². The van der Waals surface area contributed by atoms with Gasteiger partial charge in [0.15, 0.2) is 5.82 Å². The first-order chi connectivity index (χ1) is 12.0. The second-order valence-electron chi connectivity index (χ2n) is 7.35. The van der Waals surface area contributed by atoms with E-state index < -0.39 is 0 Å². The lowest BCUT2D eigenvalue weighted by Crippen LogP contribution is -2.35. The Hall–Kier alpha value is -1.95. The molecule has 1 saturated heterocycles. The average Bonchev–Trinajstić information content (AvgIpc) is 3.15. The average molecular weight is 342 g/mol. The molecule has 0 spiro atoms. The van der Waals surface area contributed by atoms with Gasteiger partial charge in [-0.2, -0.15) is 0 Å². The number of likely N-dealkylation sites (tertiary alicyclic amines) is 1. The van der Waals surface area contributed by atoms with Crippen LogP contribution in [-0.2, 0) is 13.6 Å². The first kappa shape index (κ1) is 17.9. The molecule has 0 radical (unpaired) electrons. The summed E-state index contributed by atoms with van der Waals surface area (Å²) in [5.74, 6) is 3.61. The highest BCUT2D eigenvalue weighted by Gasteiger charge is 2.25. The van der Waals surface area contributed by atoms with Crippen LogP contribution < -0.4 is 0 Å². The highest BCUT2D eigenvalue weighted by Crippen LogP contribution is 2.26. The molecule has 0 aromatic carbocycles. The van der Waals surface area contributed by atoms with Crippen molar-refractivity contribution in [2.45, 2.75) is 52.5 Å². The van der Waals surface area contributed by atoms with Crippen LogP contribution in [0.5, 0.6) is 0 Å². The second kappa shape index (κ2) is 7.95. The largest absolute Gasteiger partial charge is 0.328 e. The maximum Gasteiger partial charge on any atom is 0.152 e. The summed E-state index contributed by atoms with van der Waals surface area (Å²) in [4.78, 5) is 6.86. The second-order valence-corrected chi connectivity index (χ2v) is 7.35. The summed E-state index contributed by atoms with van der Waals surface area (Å²) in [6, 6.07) is 0. The molecule has 3 heterocycles. The predicted molar refractivity (Wildman–Crippen MR) is 99.5 cm³/mol. The molecule has 0 unspecified atom stereocenters. The molecule has 0 bridgehead atoms. The van der Waals surface area contributed by atoms with Crippen LogP contribution in [0.2, 0.25) is 0 Å². The van der Waals surface area contributed by atoms with Crippen molar-refractivity contribution in [1.29, 1.82) is 0 Å². The molecule has 6 nitrogen and oxygen atoms in total. The summed E-state index contributed by atoms with van der Waals surface area (Å²) in [6.07, 6.45) is 9.74. The molecular weight excluding hydrogens is 312 g/mol. The Bertz CT molecular complexity index is 722. The first-order valence-corrected chi connectivity index (χ1v) is 9.26. The van der Waals surface area contributed by atoms with Gasteiger partial charge in [-0.05, 0) is 46.6 Å². The van der Waals surface area contributed by atoms with E-state index in [1.807, 2.05) is 19.3 Å². The Morgan fingerprint density at radius 3 is 2.88 bits per heavy atom. The lowest BCUT2D eigenvalue weighted by Gasteiger charge is -2.32. The number of imidazole rings is 1. The van der Waals surface area contributed by atoms with Crippen LogP contribution >= 0.6 is 0 Å². The summed E-state index contributed by atoms with van der Waals surface area (Å²) < 4.78 is 4.30. The monoisotopic (exact) mass is 342 g/mol. The molecule has 0 aliphatic carbocycles. The van der Waals surface area contributed by atoms with Crippen LogP contribution in [0, 0.1) is 6.92 Å². The lowest BCUT2D eigenvalue weighted by atomic mass is 9.97. The Kier molecular flexibility index (Phi) is 5.68. The van der Waals surface area contributed by atoms with Gasteiger partial charge in [-0.1, -0.05) is 11.6 Å². The zero-order valence-electron chi connectivity index (χ0n) is 15.9. The fourth-order valence-corrected chi connectivity index (χ4v) is 3.60. The number of piperidine rings is 1. The van der Waals surface area contributed by atoms with Gasteiger partial charge in [-0.25, -0.2) is 4.98 Å². The molecule has 136 valence electrons. The van der Waals surface area contributed by atoms with Gasteiger partial charge < -0.3 is 14.0 Å². The molecule has 0 saturated carbocycles. The smallest absolute Gasteiger partial charge is 0.152 e. The number of hydrogen-bond donors (Lipinski definition) is 0. The first-order valence-electron chi connectivity index (χ1n) is 9.26. The van der Waals surface area contributed by atoms with Gasteiger partial charge in [0.1, 0.15) is 11.6 Å². The van der Waals surface area contributed by atoms with Crippen LogP contribution in [0.1, 0.15) is 56.5 Å². The highest BCUT2D eigenvalue weighted by molar-refractivity contribution is 5.05. The standard InChI is InChI=1S/C19H30N6/c1-15(2)7-5-10-24-11-6-8-17(13-24)19-22-21-18(23(19)4)14-25-12-9-20-16(25)3/h7,9,12,17H,5-6,8,10-11,13-14H2,1-4H3/t17-/m1/s1. The van der Waals surface area contributed by atoms with Crippen LogP contribution in [-0.4, -0.2) is 48.8 Å². The van der Waals surface area contributed by atoms with Crippen LogP contribution in [0.3, 0.4) is 0 Å². The Balaban J connectivity index is 1.65. The number of allylic oxidation sites excluding steroid dienone is 1. The topological polar surface area (TPSA) is 51.8 Å². The fraction of sp³-hybridized carbons (Fsp3) is 0.632. The van der Waals surface area contributed by atoms with E-state index in [9.17, 15) is 0 Å². The minimum atomic E-state index is 0.482. The minimum absolute atomic E-state index is 0.482. The lowest BCUT2D eigenvalue weighted by molar-refractivity contribution is 0.206. The van der Waals surface area contributed by atoms with E-state index in [4.69, 9.17) is 0 Å². The molecule has 0 amide bonds. The predicted octanol–water partition coefficient (Wildman–Crippen LogP) is 2.90. The summed E-state index contributed by atoms with van der Waals surface area (Å²) >= 11 is 0. The number of nitrogens with zero attached hydrogens (tertiary/aromatic N) is 6. The zero-order valence-corrected chi connectivity index (χ0v) is 15.9. The Labute approximate surface area is 150 Å². The molecule has 2 aromatic heterocycles.